The fraction of sp³-hybridized carbons (Fsp3) is 0. The summed E-state index contributed by atoms with van der Waals surface area (Å²) >= 11 is 0. The number of hydrogen-bond acceptors (Lipinski definition) is 0. The SMILES string of the molecule is C1=P(c2ccccc2)=CP1c1ccccc1. The van der Waals surface area contributed by atoms with E-state index in [-0.39, 0.29) is 15.1 Å². The van der Waals surface area contributed by atoms with Gasteiger partial charge >= 0.3 is 0 Å². The Morgan fingerprint density at radius 2 is 1.06 bits per heavy atom. The second-order valence-corrected chi connectivity index (χ2v) is 8.23. The minimum atomic E-state index is -0.0770. The van der Waals surface area contributed by atoms with E-state index in [2.05, 4.69) is 71.7 Å². The van der Waals surface area contributed by atoms with E-state index in [9.17, 15) is 0 Å². The van der Waals surface area contributed by atoms with E-state index in [0.29, 0.717) is 0 Å². The van der Waals surface area contributed by atoms with Crippen molar-refractivity contribution in [3.05, 3.63) is 60.7 Å². The van der Waals surface area contributed by atoms with Crippen LogP contribution in [0.3, 0.4) is 0 Å². The summed E-state index contributed by atoms with van der Waals surface area (Å²) in [5.74, 6) is 0. The Hall–Kier alpha value is -1.09. The van der Waals surface area contributed by atoms with Crippen LogP contribution in [-0.4, -0.2) is 11.1 Å². The first kappa shape index (κ1) is 10.1. The maximum atomic E-state index is 2.54. The molecule has 0 aliphatic carbocycles. The fourth-order valence-electron chi connectivity index (χ4n) is 1.72. The maximum absolute atomic E-state index is 2.54. The molecule has 0 aromatic heterocycles. The average Bonchev–Trinajstić information content (AvgIpc) is 2.30. The topological polar surface area (TPSA) is 0 Å². The van der Waals surface area contributed by atoms with Crippen LogP contribution in [0.15, 0.2) is 60.7 Å². The molecule has 16 heavy (non-hydrogen) atoms. The Balaban J connectivity index is 1.84. The highest BCUT2D eigenvalue weighted by Crippen LogP contribution is 2.42. The van der Waals surface area contributed by atoms with E-state index in [1.165, 1.54) is 10.6 Å². The van der Waals surface area contributed by atoms with Crippen LogP contribution in [0.5, 0.6) is 0 Å². The van der Waals surface area contributed by atoms with Crippen molar-refractivity contribution in [1.82, 2.24) is 0 Å². The summed E-state index contributed by atoms with van der Waals surface area (Å²) in [6, 6.07) is 21.6. The molecule has 0 atom stereocenters. The van der Waals surface area contributed by atoms with Gasteiger partial charge in [0.05, 0.1) is 0 Å². The Bertz CT molecular complexity index is 552. The third-order valence-corrected chi connectivity index (χ3v) is 8.38. The van der Waals surface area contributed by atoms with Crippen LogP contribution in [0.2, 0.25) is 0 Å². The molecule has 0 spiro atoms. The molecule has 0 saturated heterocycles. The molecule has 0 radical (unpaired) electrons. The Morgan fingerprint density at radius 1 is 0.562 bits per heavy atom. The lowest BCUT2D eigenvalue weighted by Gasteiger charge is -2.17. The van der Waals surface area contributed by atoms with E-state index >= 15 is 0 Å². The third-order valence-electron chi connectivity index (χ3n) is 2.61. The number of benzene rings is 2. The summed E-state index contributed by atoms with van der Waals surface area (Å²) in [7, 11) is -0.154. The van der Waals surface area contributed by atoms with Crippen molar-refractivity contribution in [1.29, 1.82) is 0 Å². The summed E-state index contributed by atoms with van der Waals surface area (Å²) in [4.78, 5) is 0. The largest absolute Gasteiger partial charge is 0.0912 e. The molecule has 2 aromatic rings. The van der Waals surface area contributed by atoms with E-state index in [4.69, 9.17) is 0 Å². The standard InChI is InChI=1S/C14H12P2/c1-3-7-13(8-4-1)15-11-16(12-15)14-9-5-2-6-10-14/h1-12H. The molecular formula is C14H12P2. The Labute approximate surface area is 97.7 Å². The van der Waals surface area contributed by atoms with Gasteiger partial charge in [0.2, 0.25) is 0 Å². The van der Waals surface area contributed by atoms with Crippen LogP contribution in [0.25, 0.3) is 0 Å². The Kier molecular flexibility index (Phi) is 2.79. The molecule has 0 fully saturated rings. The number of hydrogen-bond donors (Lipinski definition) is 0. The molecule has 0 unspecified atom stereocenters. The molecule has 1 aliphatic rings. The zero-order chi connectivity index (χ0) is 10.8. The van der Waals surface area contributed by atoms with Gasteiger partial charge in [-0.3, -0.25) is 0 Å². The van der Waals surface area contributed by atoms with Crippen LogP contribution < -0.4 is 10.6 Å². The van der Waals surface area contributed by atoms with Crippen molar-refractivity contribution in [2.45, 2.75) is 0 Å². The minimum absolute atomic E-state index is 0.0770. The Morgan fingerprint density at radius 3 is 1.62 bits per heavy atom. The minimum Gasteiger partial charge on any atom is -0.0912 e. The molecule has 3 rings (SSSR count). The highest BCUT2D eigenvalue weighted by Gasteiger charge is 2.11. The van der Waals surface area contributed by atoms with Crippen LogP contribution in [0.1, 0.15) is 0 Å². The van der Waals surface area contributed by atoms with Gasteiger partial charge in [0.15, 0.2) is 0 Å². The summed E-state index contributed by atoms with van der Waals surface area (Å²) in [5, 5.41) is 2.96. The highest BCUT2D eigenvalue weighted by atomic mass is 31.2. The first-order chi connectivity index (χ1) is 7.93. The van der Waals surface area contributed by atoms with E-state index in [0.717, 1.165) is 0 Å². The predicted molar refractivity (Wildman–Crippen MR) is 78.1 cm³/mol. The molecule has 2 aromatic carbocycles. The van der Waals surface area contributed by atoms with Gasteiger partial charge in [-0.2, -0.15) is 0 Å². The smallest absolute Gasteiger partial charge is 0.00208 e. The maximum Gasteiger partial charge on any atom is -0.00208 e. The molecule has 0 N–H and O–H groups in total. The van der Waals surface area contributed by atoms with Crippen LogP contribution in [0, 0.1) is 0 Å². The fourth-order valence-corrected chi connectivity index (χ4v) is 6.95. The van der Waals surface area contributed by atoms with Crippen LogP contribution in [0.4, 0.5) is 0 Å². The quantitative estimate of drug-likeness (QED) is 0.710. The molecule has 0 nitrogen and oxygen atoms in total. The van der Waals surface area contributed by atoms with E-state index < -0.39 is 0 Å². The molecule has 78 valence electrons. The zero-order valence-corrected chi connectivity index (χ0v) is 10.6. The van der Waals surface area contributed by atoms with Gasteiger partial charge in [0.1, 0.15) is 0 Å². The average molecular weight is 242 g/mol. The van der Waals surface area contributed by atoms with Crippen molar-refractivity contribution < 1.29 is 0 Å². The first-order valence-electron chi connectivity index (χ1n) is 5.30. The van der Waals surface area contributed by atoms with Crippen LogP contribution >= 0.6 is 15.1 Å². The van der Waals surface area contributed by atoms with Gasteiger partial charge < -0.3 is 0 Å². The summed E-state index contributed by atoms with van der Waals surface area (Å²) in [6.07, 6.45) is 0. The van der Waals surface area contributed by atoms with E-state index in [1.807, 2.05) is 0 Å². The van der Waals surface area contributed by atoms with Crippen LogP contribution in [-0.2, 0) is 0 Å². The van der Waals surface area contributed by atoms with Gasteiger partial charge in [-0.15, -0.1) is 0 Å². The first-order valence-corrected chi connectivity index (χ1v) is 8.26. The molecule has 1 heterocycles. The third kappa shape index (κ3) is 1.92. The summed E-state index contributed by atoms with van der Waals surface area (Å²) in [5.41, 5.74) is 5.07. The van der Waals surface area contributed by atoms with Gasteiger partial charge in [-0.25, -0.2) is 0 Å². The predicted octanol–water partition coefficient (Wildman–Crippen LogP) is 3.13. The van der Waals surface area contributed by atoms with Crippen molar-refractivity contribution in [2.75, 3.05) is 0 Å². The second kappa shape index (κ2) is 4.42. The summed E-state index contributed by atoms with van der Waals surface area (Å²) < 4.78 is 0. The van der Waals surface area contributed by atoms with Gasteiger partial charge in [-0.05, 0) is 29.6 Å². The molecule has 2 heteroatoms. The molecule has 0 saturated carbocycles. The van der Waals surface area contributed by atoms with Gasteiger partial charge in [0.25, 0.3) is 0 Å². The number of rotatable bonds is 2. The van der Waals surface area contributed by atoms with E-state index in [1.54, 1.807) is 0 Å². The molecular weight excluding hydrogens is 230 g/mol. The van der Waals surface area contributed by atoms with Gasteiger partial charge in [0, 0.05) is 0 Å². The lowest BCUT2D eigenvalue weighted by Crippen LogP contribution is -2.07. The monoisotopic (exact) mass is 242 g/mol. The highest BCUT2D eigenvalue weighted by molar-refractivity contribution is 8.14. The summed E-state index contributed by atoms with van der Waals surface area (Å²) in [6.45, 7) is 0. The van der Waals surface area contributed by atoms with Crippen molar-refractivity contribution in [2.24, 2.45) is 0 Å². The van der Waals surface area contributed by atoms with Crippen molar-refractivity contribution >= 4 is 36.8 Å². The second-order valence-electron chi connectivity index (χ2n) is 3.72. The van der Waals surface area contributed by atoms with Crippen molar-refractivity contribution in [3.8, 4) is 0 Å². The lowest BCUT2D eigenvalue weighted by atomic mass is 10.4. The molecule has 1 aliphatic heterocycles. The normalized spacial score (nSPS) is 20.5. The zero-order valence-electron chi connectivity index (χ0n) is 8.82. The molecule has 0 bridgehead atoms. The van der Waals surface area contributed by atoms with Gasteiger partial charge in [-0.1, -0.05) is 67.8 Å². The lowest BCUT2D eigenvalue weighted by molar-refractivity contribution is 1.78. The van der Waals surface area contributed by atoms with Crippen molar-refractivity contribution in [3.63, 3.8) is 0 Å². The molecule has 0 amide bonds.